The number of hydrogen-bond donors (Lipinski definition) is 1. The average molecular weight is 355 g/mol. The van der Waals surface area contributed by atoms with E-state index < -0.39 is 0 Å². The molecule has 2 rings (SSSR count). The van der Waals surface area contributed by atoms with E-state index in [1.165, 1.54) is 5.56 Å². The third-order valence-electron chi connectivity index (χ3n) is 2.80. The van der Waals surface area contributed by atoms with Crippen LogP contribution in [0.4, 0.5) is 0 Å². The lowest BCUT2D eigenvalue weighted by atomic mass is 10.2. The Balaban J connectivity index is 2.05. The lowest BCUT2D eigenvalue weighted by Gasteiger charge is -2.10. The van der Waals surface area contributed by atoms with Crippen LogP contribution in [0.5, 0.6) is 11.5 Å². The summed E-state index contributed by atoms with van der Waals surface area (Å²) < 4.78 is 6.83. The van der Waals surface area contributed by atoms with Crippen molar-refractivity contribution in [3.8, 4) is 11.5 Å². The smallest absolute Gasteiger partial charge is 0.128 e. The van der Waals surface area contributed by atoms with Crippen molar-refractivity contribution in [3.63, 3.8) is 0 Å². The number of nitrogens with one attached hydrogen (secondary N) is 1. The molecule has 0 heterocycles. The summed E-state index contributed by atoms with van der Waals surface area (Å²) >= 11 is 9.52. The van der Waals surface area contributed by atoms with Crippen LogP contribution in [0.25, 0.3) is 0 Å². The summed E-state index contributed by atoms with van der Waals surface area (Å²) in [5, 5.41) is 4.05. The Morgan fingerprint density at radius 3 is 2.65 bits per heavy atom. The van der Waals surface area contributed by atoms with Crippen molar-refractivity contribution >= 4 is 27.5 Å². The second kappa shape index (κ2) is 7.67. The first-order valence-corrected chi connectivity index (χ1v) is 7.78. The summed E-state index contributed by atoms with van der Waals surface area (Å²) in [6.07, 6.45) is 1.13. The maximum absolute atomic E-state index is 5.94. The lowest BCUT2D eigenvalue weighted by Crippen LogP contribution is -2.14. The highest BCUT2D eigenvalue weighted by Crippen LogP contribution is 2.28. The van der Waals surface area contributed by atoms with Crippen molar-refractivity contribution in [2.24, 2.45) is 0 Å². The highest BCUT2D eigenvalue weighted by atomic mass is 79.9. The zero-order chi connectivity index (χ0) is 14.4. The molecule has 0 saturated carbocycles. The van der Waals surface area contributed by atoms with E-state index >= 15 is 0 Å². The van der Waals surface area contributed by atoms with Gasteiger partial charge < -0.3 is 10.1 Å². The molecule has 0 spiro atoms. The molecule has 1 N–H and O–H groups in total. The van der Waals surface area contributed by atoms with Gasteiger partial charge in [-0.2, -0.15) is 0 Å². The molecular weight excluding hydrogens is 338 g/mol. The van der Waals surface area contributed by atoms with Crippen LogP contribution in [-0.4, -0.2) is 6.54 Å². The van der Waals surface area contributed by atoms with Gasteiger partial charge >= 0.3 is 0 Å². The van der Waals surface area contributed by atoms with E-state index in [-0.39, 0.29) is 0 Å². The third kappa shape index (κ3) is 4.51. The highest BCUT2D eigenvalue weighted by molar-refractivity contribution is 9.10. The normalized spacial score (nSPS) is 10.6. The molecule has 2 nitrogen and oxygen atoms in total. The molecular formula is C16H17BrClNO. The molecule has 20 heavy (non-hydrogen) atoms. The van der Waals surface area contributed by atoms with Crippen molar-refractivity contribution in [1.29, 1.82) is 0 Å². The number of ether oxygens (including phenoxy) is 1. The summed E-state index contributed by atoms with van der Waals surface area (Å²) in [5.74, 6) is 1.53. The fourth-order valence-corrected chi connectivity index (χ4v) is 2.48. The first-order valence-electron chi connectivity index (χ1n) is 6.61. The van der Waals surface area contributed by atoms with Crippen molar-refractivity contribution < 1.29 is 4.74 Å². The largest absolute Gasteiger partial charge is 0.457 e. The minimum atomic E-state index is 0.668. The molecule has 2 aromatic rings. The minimum Gasteiger partial charge on any atom is -0.457 e. The van der Waals surface area contributed by atoms with Crippen LogP contribution in [-0.2, 0) is 6.54 Å². The fraction of sp³-hybridized carbons (Fsp3) is 0.250. The molecule has 2 aromatic carbocycles. The molecule has 0 radical (unpaired) electrons. The first kappa shape index (κ1) is 15.4. The Kier molecular flexibility index (Phi) is 5.89. The van der Waals surface area contributed by atoms with Gasteiger partial charge in [0, 0.05) is 16.0 Å². The molecule has 0 aromatic heterocycles. The zero-order valence-corrected chi connectivity index (χ0v) is 13.7. The van der Waals surface area contributed by atoms with E-state index in [1.807, 2.05) is 30.3 Å². The predicted molar refractivity (Wildman–Crippen MR) is 87.7 cm³/mol. The SMILES string of the molecule is CCCNCc1ccc(Oc2cccc(Cl)c2)cc1Br. The summed E-state index contributed by atoms with van der Waals surface area (Å²) in [6, 6.07) is 13.4. The molecule has 0 atom stereocenters. The Labute approximate surface area is 133 Å². The van der Waals surface area contributed by atoms with Crippen molar-refractivity contribution in [3.05, 3.63) is 57.5 Å². The molecule has 0 aliphatic heterocycles. The number of rotatable bonds is 6. The molecule has 0 amide bonds. The molecule has 0 bridgehead atoms. The van der Waals surface area contributed by atoms with Crippen LogP contribution in [0.2, 0.25) is 5.02 Å². The van der Waals surface area contributed by atoms with Crippen molar-refractivity contribution in [2.75, 3.05) is 6.54 Å². The summed E-state index contributed by atoms with van der Waals surface area (Å²) in [4.78, 5) is 0. The zero-order valence-electron chi connectivity index (χ0n) is 11.3. The van der Waals surface area contributed by atoms with Crippen molar-refractivity contribution in [2.45, 2.75) is 19.9 Å². The van der Waals surface area contributed by atoms with Gasteiger partial charge in [0.1, 0.15) is 11.5 Å². The van der Waals surface area contributed by atoms with Gasteiger partial charge in [-0.1, -0.05) is 46.6 Å². The van der Waals surface area contributed by atoms with Gasteiger partial charge in [-0.05, 0) is 48.9 Å². The topological polar surface area (TPSA) is 21.3 Å². The number of halogens is 2. The molecule has 4 heteroatoms. The number of benzene rings is 2. The fourth-order valence-electron chi connectivity index (χ4n) is 1.80. The van der Waals surface area contributed by atoms with E-state index in [2.05, 4.69) is 34.2 Å². The Bertz CT molecular complexity index is 574. The van der Waals surface area contributed by atoms with E-state index in [0.29, 0.717) is 5.02 Å². The van der Waals surface area contributed by atoms with Crippen LogP contribution in [0.3, 0.4) is 0 Å². The van der Waals surface area contributed by atoms with Crippen LogP contribution < -0.4 is 10.1 Å². The third-order valence-corrected chi connectivity index (χ3v) is 3.77. The van der Waals surface area contributed by atoms with Gasteiger partial charge in [-0.3, -0.25) is 0 Å². The van der Waals surface area contributed by atoms with Gasteiger partial charge in [0.2, 0.25) is 0 Å². The molecule has 0 unspecified atom stereocenters. The molecule has 0 aliphatic rings. The standard InChI is InChI=1S/C16H17BrClNO/c1-2-8-19-11-12-6-7-15(10-16(12)17)20-14-5-3-4-13(18)9-14/h3-7,9-10,19H,2,8,11H2,1H3. The monoisotopic (exact) mass is 353 g/mol. The van der Waals surface area contributed by atoms with Crippen LogP contribution in [0, 0.1) is 0 Å². The maximum atomic E-state index is 5.94. The highest BCUT2D eigenvalue weighted by Gasteiger charge is 2.03. The summed E-state index contributed by atoms with van der Waals surface area (Å²) in [6.45, 7) is 4.03. The van der Waals surface area contributed by atoms with E-state index in [1.54, 1.807) is 6.07 Å². The van der Waals surface area contributed by atoms with Crippen LogP contribution in [0.15, 0.2) is 46.9 Å². The molecule has 0 aliphatic carbocycles. The van der Waals surface area contributed by atoms with E-state index in [9.17, 15) is 0 Å². The predicted octanol–water partition coefficient (Wildman–Crippen LogP) is 5.39. The van der Waals surface area contributed by atoms with E-state index in [0.717, 1.165) is 35.5 Å². The Morgan fingerprint density at radius 1 is 1.15 bits per heavy atom. The van der Waals surface area contributed by atoms with Gasteiger partial charge in [-0.15, -0.1) is 0 Å². The second-order valence-corrected chi connectivity index (χ2v) is 5.78. The minimum absolute atomic E-state index is 0.668. The van der Waals surface area contributed by atoms with Crippen LogP contribution >= 0.6 is 27.5 Å². The quantitative estimate of drug-likeness (QED) is 0.702. The molecule has 0 saturated heterocycles. The maximum Gasteiger partial charge on any atom is 0.128 e. The summed E-state index contributed by atoms with van der Waals surface area (Å²) in [5.41, 5.74) is 1.22. The molecule has 0 fully saturated rings. The lowest BCUT2D eigenvalue weighted by molar-refractivity contribution is 0.482. The molecule has 106 valence electrons. The number of hydrogen-bond acceptors (Lipinski definition) is 2. The van der Waals surface area contributed by atoms with Gasteiger partial charge in [-0.25, -0.2) is 0 Å². The van der Waals surface area contributed by atoms with Gasteiger partial charge in [0.15, 0.2) is 0 Å². The van der Waals surface area contributed by atoms with Crippen molar-refractivity contribution in [1.82, 2.24) is 5.32 Å². The van der Waals surface area contributed by atoms with Gasteiger partial charge in [0.25, 0.3) is 0 Å². The van der Waals surface area contributed by atoms with E-state index in [4.69, 9.17) is 16.3 Å². The Morgan fingerprint density at radius 2 is 1.95 bits per heavy atom. The second-order valence-electron chi connectivity index (χ2n) is 4.49. The summed E-state index contributed by atoms with van der Waals surface area (Å²) in [7, 11) is 0. The van der Waals surface area contributed by atoms with Gasteiger partial charge in [0.05, 0.1) is 0 Å². The average Bonchev–Trinajstić information content (AvgIpc) is 2.41. The first-order chi connectivity index (χ1) is 9.69. The van der Waals surface area contributed by atoms with Crippen LogP contribution in [0.1, 0.15) is 18.9 Å². The Hall–Kier alpha value is -1.03.